The van der Waals surface area contributed by atoms with E-state index in [-0.39, 0.29) is 12.5 Å². The van der Waals surface area contributed by atoms with E-state index in [9.17, 15) is 9.90 Å². The maximum absolute atomic E-state index is 12.0. The molecule has 0 radical (unpaired) electrons. The molecule has 6 heteroatoms. The topological polar surface area (TPSA) is 49.8 Å². The lowest BCUT2D eigenvalue weighted by atomic mass is 9.95. The van der Waals surface area contributed by atoms with Gasteiger partial charge in [0.15, 0.2) is 0 Å². The smallest absolute Gasteiger partial charge is 0.410 e. The van der Waals surface area contributed by atoms with E-state index in [1.54, 1.807) is 19.2 Å². The summed E-state index contributed by atoms with van der Waals surface area (Å²) in [4.78, 5) is 13.6. The molecule has 0 aliphatic carbocycles. The van der Waals surface area contributed by atoms with Crippen molar-refractivity contribution in [3.05, 3.63) is 33.8 Å². The molecule has 0 aliphatic heterocycles. The lowest BCUT2D eigenvalue weighted by Crippen LogP contribution is -2.36. The van der Waals surface area contributed by atoms with Crippen molar-refractivity contribution >= 4 is 29.3 Å². The lowest BCUT2D eigenvalue weighted by Gasteiger charge is -2.27. The molecule has 1 amide bonds. The van der Waals surface area contributed by atoms with Gasteiger partial charge in [0.25, 0.3) is 0 Å². The number of amides is 1. The Morgan fingerprint density at radius 2 is 1.95 bits per heavy atom. The first-order chi connectivity index (χ1) is 10.1. The zero-order valence-corrected chi connectivity index (χ0v) is 14.9. The van der Waals surface area contributed by atoms with Crippen LogP contribution in [0.5, 0.6) is 0 Å². The highest BCUT2D eigenvalue weighted by molar-refractivity contribution is 6.42. The van der Waals surface area contributed by atoms with Gasteiger partial charge in [-0.15, -0.1) is 0 Å². The first kappa shape index (κ1) is 19.1. The predicted molar refractivity (Wildman–Crippen MR) is 89.8 cm³/mol. The van der Waals surface area contributed by atoms with Crippen LogP contribution in [0, 0.1) is 0 Å². The highest BCUT2D eigenvalue weighted by atomic mass is 35.5. The van der Waals surface area contributed by atoms with Crippen molar-refractivity contribution in [1.82, 2.24) is 4.90 Å². The zero-order chi connectivity index (χ0) is 16.9. The molecule has 1 atom stereocenters. The number of hydrogen-bond donors (Lipinski definition) is 1. The van der Waals surface area contributed by atoms with Gasteiger partial charge in [-0.3, -0.25) is 0 Å². The Labute approximate surface area is 142 Å². The van der Waals surface area contributed by atoms with Crippen molar-refractivity contribution in [2.24, 2.45) is 0 Å². The first-order valence-corrected chi connectivity index (χ1v) is 7.89. The van der Waals surface area contributed by atoms with E-state index in [1.165, 1.54) is 4.90 Å². The molecular weight excluding hydrogens is 325 g/mol. The normalized spacial score (nSPS) is 12.9. The molecule has 0 unspecified atom stereocenters. The van der Waals surface area contributed by atoms with Crippen molar-refractivity contribution < 1.29 is 14.6 Å². The van der Waals surface area contributed by atoms with Gasteiger partial charge in [0.1, 0.15) is 5.60 Å². The van der Waals surface area contributed by atoms with Crippen molar-refractivity contribution in [3.63, 3.8) is 0 Å². The molecule has 1 N–H and O–H groups in total. The fourth-order valence-corrected chi connectivity index (χ4v) is 2.34. The molecule has 1 aromatic carbocycles. The second kappa shape index (κ2) is 8.04. The Morgan fingerprint density at radius 3 is 2.45 bits per heavy atom. The molecule has 0 aliphatic rings. The molecular formula is C16H23Cl2NO3. The summed E-state index contributed by atoms with van der Waals surface area (Å²) >= 11 is 12.0. The molecule has 22 heavy (non-hydrogen) atoms. The monoisotopic (exact) mass is 347 g/mol. The average molecular weight is 348 g/mol. The van der Waals surface area contributed by atoms with Crippen molar-refractivity contribution in [2.45, 2.75) is 38.7 Å². The van der Waals surface area contributed by atoms with Gasteiger partial charge < -0.3 is 14.7 Å². The number of aliphatic hydroxyl groups excluding tert-OH is 1. The molecule has 0 bridgehead atoms. The van der Waals surface area contributed by atoms with Crippen molar-refractivity contribution in [2.75, 3.05) is 20.2 Å². The minimum absolute atomic E-state index is 0.0209. The fourth-order valence-electron chi connectivity index (χ4n) is 2.03. The van der Waals surface area contributed by atoms with Gasteiger partial charge in [0.05, 0.1) is 10.0 Å². The molecule has 0 saturated heterocycles. The summed E-state index contributed by atoms with van der Waals surface area (Å²) < 4.78 is 5.33. The van der Waals surface area contributed by atoms with Gasteiger partial charge >= 0.3 is 6.09 Å². The minimum Gasteiger partial charge on any atom is -0.444 e. The van der Waals surface area contributed by atoms with Crippen LogP contribution in [0.2, 0.25) is 10.0 Å². The van der Waals surface area contributed by atoms with Gasteiger partial charge in [-0.1, -0.05) is 29.3 Å². The summed E-state index contributed by atoms with van der Waals surface area (Å²) in [7, 11) is 1.68. The number of ether oxygens (including phenoxy) is 1. The van der Waals surface area contributed by atoms with E-state index in [2.05, 4.69) is 0 Å². The Bertz CT molecular complexity index is 515. The highest BCUT2D eigenvalue weighted by Crippen LogP contribution is 2.28. The SMILES string of the molecule is CN(C[C@@H](CCO)c1ccc(Cl)c(Cl)c1)C(=O)OC(C)(C)C. The third kappa shape index (κ3) is 6.03. The molecule has 1 aromatic rings. The average Bonchev–Trinajstić information content (AvgIpc) is 2.39. The summed E-state index contributed by atoms with van der Waals surface area (Å²) in [6.45, 7) is 5.91. The van der Waals surface area contributed by atoms with Crippen molar-refractivity contribution in [1.29, 1.82) is 0 Å². The van der Waals surface area contributed by atoms with Crippen LogP contribution < -0.4 is 0 Å². The number of halogens is 2. The van der Waals surface area contributed by atoms with E-state index in [1.807, 2.05) is 26.8 Å². The van der Waals surface area contributed by atoms with E-state index >= 15 is 0 Å². The molecule has 0 spiro atoms. The number of likely N-dealkylation sites (N-methyl/N-ethyl adjacent to an activating group) is 1. The van der Waals surface area contributed by atoms with Gasteiger partial charge in [-0.2, -0.15) is 0 Å². The van der Waals surface area contributed by atoms with Gasteiger partial charge in [0.2, 0.25) is 0 Å². The maximum Gasteiger partial charge on any atom is 0.410 e. The zero-order valence-electron chi connectivity index (χ0n) is 13.4. The highest BCUT2D eigenvalue weighted by Gasteiger charge is 2.23. The van der Waals surface area contributed by atoms with E-state index < -0.39 is 11.7 Å². The largest absolute Gasteiger partial charge is 0.444 e. The summed E-state index contributed by atoms with van der Waals surface area (Å²) in [5.41, 5.74) is 0.389. The van der Waals surface area contributed by atoms with Crippen LogP contribution in [0.3, 0.4) is 0 Å². The quantitative estimate of drug-likeness (QED) is 0.862. The molecule has 124 valence electrons. The third-order valence-electron chi connectivity index (χ3n) is 3.09. The van der Waals surface area contributed by atoms with Crippen LogP contribution in [0.4, 0.5) is 4.79 Å². The Morgan fingerprint density at radius 1 is 1.32 bits per heavy atom. The summed E-state index contributed by atoms with van der Waals surface area (Å²) in [5.74, 6) is -0.0442. The van der Waals surface area contributed by atoms with E-state index in [0.717, 1.165) is 5.56 Å². The molecule has 0 fully saturated rings. The minimum atomic E-state index is -0.540. The van der Waals surface area contributed by atoms with E-state index in [4.69, 9.17) is 27.9 Å². The number of hydrogen-bond acceptors (Lipinski definition) is 3. The van der Waals surface area contributed by atoms with Crippen LogP contribution >= 0.6 is 23.2 Å². The number of aliphatic hydroxyl groups is 1. The van der Waals surface area contributed by atoms with Gasteiger partial charge in [0, 0.05) is 26.1 Å². The molecule has 0 aromatic heterocycles. The molecule has 1 rings (SSSR count). The Balaban J connectivity index is 2.83. The standard InChI is InChI=1S/C16H23Cl2NO3/c1-16(2,3)22-15(21)19(4)10-12(7-8-20)11-5-6-13(17)14(18)9-11/h5-6,9,12,20H,7-8,10H2,1-4H3/t12-/m1/s1. The fraction of sp³-hybridized carbons (Fsp3) is 0.562. The molecule has 4 nitrogen and oxygen atoms in total. The van der Waals surface area contributed by atoms with Gasteiger partial charge in [-0.25, -0.2) is 4.79 Å². The summed E-state index contributed by atoms with van der Waals surface area (Å²) in [6, 6.07) is 5.35. The van der Waals surface area contributed by atoms with E-state index in [0.29, 0.717) is 23.0 Å². The van der Waals surface area contributed by atoms with Crippen molar-refractivity contribution in [3.8, 4) is 0 Å². The number of rotatable bonds is 5. The van der Waals surface area contributed by atoms with Crippen LogP contribution in [0.25, 0.3) is 0 Å². The lowest BCUT2D eigenvalue weighted by molar-refractivity contribution is 0.0284. The number of nitrogens with zero attached hydrogens (tertiary/aromatic N) is 1. The Hall–Kier alpha value is -0.970. The third-order valence-corrected chi connectivity index (χ3v) is 3.83. The first-order valence-electron chi connectivity index (χ1n) is 7.14. The molecule has 0 saturated carbocycles. The number of carbonyl (C=O) groups is 1. The van der Waals surface area contributed by atoms with Crippen LogP contribution in [0.15, 0.2) is 18.2 Å². The van der Waals surface area contributed by atoms with Crippen LogP contribution in [-0.4, -0.2) is 41.9 Å². The van der Waals surface area contributed by atoms with Crippen LogP contribution in [0.1, 0.15) is 38.7 Å². The molecule has 0 heterocycles. The predicted octanol–water partition coefficient (Wildman–Crippen LogP) is 4.33. The van der Waals surface area contributed by atoms with Crippen LogP contribution in [-0.2, 0) is 4.74 Å². The van der Waals surface area contributed by atoms with Gasteiger partial charge in [-0.05, 0) is 44.9 Å². The second-order valence-corrected chi connectivity index (χ2v) is 7.06. The number of benzene rings is 1. The second-order valence-electron chi connectivity index (χ2n) is 6.24. The number of carbonyl (C=O) groups excluding carboxylic acids is 1. The summed E-state index contributed by atoms with van der Waals surface area (Å²) in [5, 5.41) is 10.2. The summed E-state index contributed by atoms with van der Waals surface area (Å²) in [6.07, 6.45) is 0.126. The Kier molecular flexibility index (Phi) is 6.98. The maximum atomic E-state index is 12.0.